The number of anilines is 2. The lowest BCUT2D eigenvalue weighted by Crippen LogP contribution is -2.30. The van der Waals surface area contributed by atoms with E-state index in [2.05, 4.69) is 17.0 Å². The number of sulfonamides is 1. The first-order valence-corrected chi connectivity index (χ1v) is 15.4. The molecule has 0 spiro atoms. The number of hydrogen-bond acceptors (Lipinski definition) is 9. The Morgan fingerprint density at radius 2 is 1.83 bits per heavy atom. The van der Waals surface area contributed by atoms with Gasteiger partial charge in [0.1, 0.15) is 10.8 Å². The van der Waals surface area contributed by atoms with Gasteiger partial charge in [0.05, 0.1) is 29.7 Å². The highest BCUT2D eigenvalue weighted by atomic mass is 32.2. The third-order valence-electron chi connectivity index (χ3n) is 6.60. The lowest BCUT2D eigenvalue weighted by molar-refractivity contribution is -0.123. The molecule has 1 aliphatic carbocycles. The van der Waals surface area contributed by atoms with Crippen molar-refractivity contribution in [1.82, 2.24) is 0 Å². The maximum absolute atomic E-state index is 13.0. The standard InChI is InChI=1S/C29H32N2O8S2/c1-5-38-29(34)25-23-14-9-17(2)15-24(23)40-27(25)30-26(32)18(3)39-28(33)19-7-6-8-22(16-19)41(35,36)31-20-10-12-21(37-4)13-11-20/h6-8,10-13,16-18,31H,5,9,14-15H2,1-4H3,(H,30,32)/t17-,18-/m0/s1. The Morgan fingerprint density at radius 1 is 1.10 bits per heavy atom. The number of methoxy groups -OCH3 is 1. The minimum Gasteiger partial charge on any atom is -0.497 e. The minimum absolute atomic E-state index is 0.0463. The lowest BCUT2D eigenvalue weighted by atomic mass is 9.88. The number of ether oxygens (including phenoxy) is 3. The second-order valence-electron chi connectivity index (χ2n) is 9.67. The van der Waals surface area contributed by atoms with Crippen molar-refractivity contribution in [3.8, 4) is 5.75 Å². The minimum atomic E-state index is -4.02. The van der Waals surface area contributed by atoms with Gasteiger partial charge in [0.15, 0.2) is 6.10 Å². The zero-order valence-electron chi connectivity index (χ0n) is 23.2. The summed E-state index contributed by atoms with van der Waals surface area (Å²) in [4.78, 5) is 39.5. The Labute approximate surface area is 243 Å². The molecule has 2 aromatic carbocycles. The second kappa shape index (κ2) is 12.7. The van der Waals surface area contributed by atoms with Gasteiger partial charge in [-0.1, -0.05) is 13.0 Å². The monoisotopic (exact) mass is 600 g/mol. The number of fused-ring (bicyclic) bond motifs is 1. The van der Waals surface area contributed by atoms with Crippen molar-refractivity contribution < 1.29 is 37.0 Å². The maximum Gasteiger partial charge on any atom is 0.341 e. The van der Waals surface area contributed by atoms with Crippen LogP contribution in [0.5, 0.6) is 5.75 Å². The molecule has 0 fully saturated rings. The van der Waals surface area contributed by atoms with Gasteiger partial charge in [-0.15, -0.1) is 11.3 Å². The zero-order chi connectivity index (χ0) is 29.7. The van der Waals surface area contributed by atoms with Gasteiger partial charge in [0, 0.05) is 10.6 Å². The Bertz CT molecular complexity index is 1550. The van der Waals surface area contributed by atoms with Crippen LogP contribution in [0.25, 0.3) is 0 Å². The summed E-state index contributed by atoms with van der Waals surface area (Å²) in [6, 6.07) is 11.6. The Balaban J connectivity index is 1.46. The Hall–Kier alpha value is -3.90. The molecule has 0 aliphatic heterocycles. The van der Waals surface area contributed by atoms with Crippen LogP contribution in [0.2, 0.25) is 0 Å². The molecular weight excluding hydrogens is 568 g/mol. The van der Waals surface area contributed by atoms with Gasteiger partial charge in [0.25, 0.3) is 15.9 Å². The molecule has 10 nitrogen and oxygen atoms in total. The summed E-state index contributed by atoms with van der Waals surface area (Å²) in [7, 11) is -2.51. The summed E-state index contributed by atoms with van der Waals surface area (Å²) >= 11 is 1.33. The number of carbonyl (C=O) groups excluding carboxylic acids is 3. The van der Waals surface area contributed by atoms with E-state index in [1.807, 2.05) is 0 Å². The van der Waals surface area contributed by atoms with Crippen LogP contribution in [0.1, 0.15) is 58.3 Å². The fourth-order valence-corrected chi connectivity index (χ4v) is 6.92. The van der Waals surface area contributed by atoms with E-state index in [0.717, 1.165) is 23.3 Å². The number of carbonyl (C=O) groups is 3. The fourth-order valence-electron chi connectivity index (χ4n) is 4.42. The quantitative estimate of drug-likeness (QED) is 0.309. The molecule has 41 heavy (non-hydrogen) atoms. The lowest BCUT2D eigenvalue weighted by Gasteiger charge is -2.18. The van der Waals surface area contributed by atoms with Crippen molar-refractivity contribution in [2.24, 2.45) is 5.92 Å². The summed E-state index contributed by atoms with van der Waals surface area (Å²) in [5.74, 6) is -0.966. The van der Waals surface area contributed by atoms with Crippen LogP contribution >= 0.6 is 11.3 Å². The number of amides is 1. The van der Waals surface area contributed by atoms with E-state index in [0.29, 0.717) is 34.3 Å². The first-order chi connectivity index (χ1) is 19.5. The number of benzene rings is 2. The molecule has 12 heteroatoms. The van der Waals surface area contributed by atoms with E-state index in [-0.39, 0.29) is 17.1 Å². The summed E-state index contributed by atoms with van der Waals surface area (Å²) in [5.41, 5.74) is 1.52. The third kappa shape index (κ3) is 7.06. The Kier molecular flexibility index (Phi) is 9.34. The molecule has 1 aliphatic rings. The van der Waals surface area contributed by atoms with Gasteiger partial charge in [-0.25, -0.2) is 18.0 Å². The highest BCUT2D eigenvalue weighted by Crippen LogP contribution is 2.40. The van der Waals surface area contributed by atoms with Crippen molar-refractivity contribution in [3.63, 3.8) is 0 Å². The van der Waals surface area contributed by atoms with Crippen LogP contribution < -0.4 is 14.8 Å². The summed E-state index contributed by atoms with van der Waals surface area (Å²) < 4.78 is 43.9. The topological polar surface area (TPSA) is 137 Å². The van der Waals surface area contributed by atoms with Gasteiger partial charge < -0.3 is 19.5 Å². The highest BCUT2D eigenvalue weighted by Gasteiger charge is 2.30. The molecule has 2 N–H and O–H groups in total. The highest BCUT2D eigenvalue weighted by molar-refractivity contribution is 7.92. The maximum atomic E-state index is 13.0. The zero-order valence-corrected chi connectivity index (χ0v) is 24.8. The molecular formula is C29H32N2O8S2. The largest absolute Gasteiger partial charge is 0.497 e. The summed E-state index contributed by atoms with van der Waals surface area (Å²) in [6.45, 7) is 5.46. The van der Waals surface area contributed by atoms with Crippen LogP contribution in [-0.2, 0) is 37.1 Å². The van der Waals surface area contributed by atoms with Crippen molar-refractivity contribution in [2.75, 3.05) is 23.8 Å². The van der Waals surface area contributed by atoms with Crippen molar-refractivity contribution in [3.05, 3.63) is 70.1 Å². The molecule has 218 valence electrons. The number of esters is 2. The van der Waals surface area contributed by atoms with E-state index in [1.54, 1.807) is 31.2 Å². The van der Waals surface area contributed by atoms with Gasteiger partial charge in [-0.2, -0.15) is 0 Å². The first-order valence-electron chi connectivity index (χ1n) is 13.1. The first kappa shape index (κ1) is 30.1. The predicted octanol–water partition coefficient (Wildman–Crippen LogP) is 5.04. The van der Waals surface area contributed by atoms with Crippen molar-refractivity contribution >= 4 is 49.9 Å². The number of nitrogens with one attached hydrogen (secondary N) is 2. The van der Waals surface area contributed by atoms with E-state index < -0.39 is 34.0 Å². The van der Waals surface area contributed by atoms with Gasteiger partial charge in [-0.3, -0.25) is 9.52 Å². The average Bonchev–Trinajstić information content (AvgIpc) is 3.30. The number of hydrogen-bond donors (Lipinski definition) is 2. The van der Waals surface area contributed by atoms with Gasteiger partial charge >= 0.3 is 11.9 Å². The van der Waals surface area contributed by atoms with Crippen LogP contribution in [-0.4, -0.2) is 46.1 Å². The molecule has 1 heterocycles. The SMILES string of the molecule is CCOC(=O)c1c(NC(=O)[C@H](C)OC(=O)c2cccc(S(=O)(=O)Nc3ccc(OC)cc3)c2)sc2c1CC[C@H](C)C2. The van der Waals surface area contributed by atoms with Crippen LogP contribution in [0.4, 0.5) is 10.7 Å². The molecule has 0 unspecified atom stereocenters. The molecule has 1 aromatic heterocycles. The number of thiophene rings is 1. The Morgan fingerprint density at radius 3 is 2.51 bits per heavy atom. The molecule has 1 amide bonds. The average molecular weight is 601 g/mol. The van der Waals surface area contributed by atoms with Crippen LogP contribution in [0.3, 0.4) is 0 Å². The molecule has 0 radical (unpaired) electrons. The molecule has 3 aromatic rings. The van der Waals surface area contributed by atoms with E-state index in [1.165, 1.54) is 49.6 Å². The molecule has 0 bridgehead atoms. The van der Waals surface area contributed by atoms with Crippen LogP contribution in [0, 0.1) is 5.92 Å². The summed E-state index contributed by atoms with van der Waals surface area (Å²) in [6.07, 6.45) is 1.23. The van der Waals surface area contributed by atoms with Crippen molar-refractivity contribution in [2.45, 2.75) is 51.0 Å². The van der Waals surface area contributed by atoms with Crippen molar-refractivity contribution in [1.29, 1.82) is 0 Å². The number of rotatable bonds is 10. The van der Waals surface area contributed by atoms with E-state index in [4.69, 9.17) is 14.2 Å². The van der Waals surface area contributed by atoms with Gasteiger partial charge in [0.2, 0.25) is 0 Å². The predicted molar refractivity (Wildman–Crippen MR) is 155 cm³/mol. The molecule has 4 rings (SSSR count). The third-order valence-corrected chi connectivity index (χ3v) is 9.15. The second-order valence-corrected chi connectivity index (χ2v) is 12.5. The van der Waals surface area contributed by atoms with Gasteiger partial charge in [-0.05, 0) is 87.1 Å². The molecule has 0 saturated carbocycles. The molecule has 2 atom stereocenters. The fraction of sp³-hybridized carbons (Fsp3) is 0.345. The normalized spacial score (nSPS) is 15.3. The smallest absolute Gasteiger partial charge is 0.341 e. The summed E-state index contributed by atoms with van der Waals surface area (Å²) in [5, 5.41) is 3.10. The van der Waals surface area contributed by atoms with Crippen LogP contribution in [0.15, 0.2) is 53.4 Å². The van der Waals surface area contributed by atoms with E-state index >= 15 is 0 Å². The van der Waals surface area contributed by atoms with E-state index in [9.17, 15) is 22.8 Å². The molecule has 0 saturated heterocycles.